The number of aliphatic hydroxyl groups excluding tert-OH is 1. The average Bonchev–Trinajstić information content (AvgIpc) is 2.65. The predicted octanol–water partition coefficient (Wildman–Crippen LogP) is 2.46. The van der Waals surface area contributed by atoms with Gasteiger partial charge in [-0.2, -0.15) is 0 Å². The van der Waals surface area contributed by atoms with Crippen LogP contribution in [0.15, 0.2) is 18.2 Å². The van der Waals surface area contributed by atoms with Gasteiger partial charge in [-0.1, -0.05) is 0 Å². The fraction of sp³-hybridized carbons (Fsp3) is 0.500. The first-order chi connectivity index (χ1) is 7.20. The highest BCUT2D eigenvalue weighted by Crippen LogP contribution is 2.39. The zero-order chi connectivity index (χ0) is 10.8. The summed E-state index contributed by atoms with van der Waals surface area (Å²) in [5.74, 6) is 0.702. The van der Waals surface area contributed by atoms with Gasteiger partial charge >= 0.3 is 0 Å². The summed E-state index contributed by atoms with van der Waals surface area (Å²) in [4.78, 5) is 0. The topological polar surface area (TPSA) is 29.5 Å². The van der Waals surface area contributed by atoms with Gasteiger partial charge in [0.05, 0.1) is 13.2 Å². The first kappa shape index (κ1) is 10.4. The van der Waals surface area contributed by atoms with E-state index < -0.39 is 0 Å². The van der Waals surface area contributed by atoms with E-state index in [1.54, 1.807) is 13.2 Å². The lowest BCUT2D eigenvalue weighted by Gasteiger charge is -2.14. The van der Waals surface area contributed by atoms with Gasteiger partial charge in [0.1, 0.15) is 11.6 Å². The molecule has 2 unspecified atom stereocenters. The number of rotatable bonds is 2. The minimum Gasteiger partial charge on any atom is -0.496 e. The van der Waals surface area contributed by atoms with Crippen molar-refractivity contribution in [3.8, 4) is 5.75 Å². The number of aliphatic hydroxyl groups is 1. The smallest absolute Gasteiger partial charge is 0.123 e. The van der Waals surface area contributed by atoms with Crippen LogP contribution in [0, 0.1) is 5.82 Å². The largest absolute Gasteiger partial charge is 0.496 e. The van der Waals surface area contributed by atoms with E-state index in [0.717, 1.165) is 24.2 Å². The molecular weight excluding hydrogens is 195 g/mol. The van der Waals surface area contributed by atoms with Gasteiger partial charge in [-0.3, -0.25) is 0 Å². The molecule has 2 nitrogen and oxygen atoms in total. The van der Waals surface area contributed by atoms with Crippen LogP contribution in [-0.2, 0) is 0 Å². The van der Waals surface area contributed by atoms with Gasteiger partial charge in [0, 0.05) is 5.56 Å². The van der Waals surface area contributed by atoms with E-state index in [1.165, 1.54) is 12.1 Å². The van der Waals surface area contributed by atoms with Gasteiger partial charge in [-0.25, -0.2) is 4.39 Å². The predicted molar refractivity (Wildman–Crippen MR) is 55.6 cm³/mol. The zero-order valence-electron chi connectivity index (χ0n) is 8.74. The van der Waals surface area contributed by atoms with Crippen molar-refractivity contribution in [2.24, 2.45) is 0 Å². The molecule has 1 aromatic carbocycles. The Hall–Kier alpha value is -1.09. The van der Waals surface area contributed by atoms with E-state index >= 15 is 0 Å². The van der Waals surface area contributed by atoms with Crippen LogP contribution < -0.4 is 4.74 Å². The fourth-order valence-corrected chi connectivity index (χ4v) is 2.26. The summed E-state index contributed by atoms with van der Waals surface area (Å²) in [6.45, 7) is 0. The Labute approximate surface area is 88.7 Å². The van der Waals surface area contributed by atoms with Gasteiger partial charge in [0.2, 0.25) is 0 Å². The highest BCUT2D eigenvalue weighted by Gasteiger charge is 2.26. The molecule has 2 rings (SSSR count). The molecule has 0 aromatic heterocycles. The first-order valence-corrected chi connectivity index (χ1v) is 5.22. The SMILES string of the molecule is COc1ccc(F)cc1C1CCC(O)C1. The lowest BCUT2D eigenvalue weighted by molar-refractivity contribution is 0.181. The van der Waals surface area contributed by atoms with Crippen molar-refractivity contribution >= 4 is 0 Å². The van der Waals surface area contributed by atoms with E-state index in [2.05, 4.69) is 0 Å². The molecule has 0 heterocycles. The van der Waals surface area contributed by atoms with Gasteiger partial charge in [-0.05, 0) is 43.4 Å². The van der Waals surface area contributed by atoms with Crippen LogP contribution in [0.2, 0.25) is 0 Å². The monoisotopic (exact) mass is 210 g/mol. The van der Waals surface area contributed by atoms with E-state index in [9.17, 15) is 9.50 Å². The van der Waals surface area contributed by atoms with Crippen molar-refractivity contribution in [1.29, 1.82) is 0 Å². The van der Waals surface area contributed by atoms with E-state index in [0.29, 0.717) is 6.42 Å². The Morgan fingerprint density at radius 3 is 2.80 bits per heavy atom. The third-order valence-electron chi connectivity index (χ3n) is 3.04. The molecule has 15 heavy (non-hydrogen) atoms. The maximum Gasteiger partial charge on any atom is 0.123 e. The fourth-order valence-electron chi connectivity index (χ4n) is 2.26. The van der Waals surface area contributed by atoms with Gasteiger partial charge in [0.25, 0.3) is 0 Å². The molecule has 1 aliphatic carbocycles. The number of methoxy groups -OCH3 is 1. The molecule has 3 heteroatoms. The molecule has 1 aromatic rings. The summed E-state index contributed by atoms with van der Waals surface area (Å²) in [6, 6.07) is 4.56. The molecule has 0 amide bonds. The molecule has 0 saturated heterocycles. The summed E-state index contributed by atoms with van der Waals surface area (Å²) < 4.78 is 18.3. The van der Waals surface area contributed by atoms with Crippen molar-refractivity contribution in [2.45, 2.75) is 31.3 Å². The molecule has 1 aliphatic rings. The Morgan fingerprint density at radius 2 is 2.20 bits per heavy atom. The Morgan fingerprint density at radius 1 is 1.40 bits per heavy atom. The van der Waals surface area contributed by atoms with Gasteiger partial charge < -0.3 is 9.84 Å². The summed E-state index contributed by atoms with van der Waals surface area (Å²) in [5.41, 5.74) is 0.883. The van der Waals surface area contributed by atoms with Crippen LogP contribution >= 0.6 is 0 Å². The zero-order valence-corrected chi connectivity index (χ0v) is 8.74. The van der Waals surface area contributed by atoms with Crippen LogP contribution in [0.1, 0.15) is 30.7 Å². The van der Waals surface area contributed by atoms with Gasteiger partial charge in [-0.15, -0.1) is 0 Å². The highest BCUT2D eigenvalue weighted by molar-refractivity contribution is 5.37. The molecule has 0 spiro atoms. The van der Waals surface area contributed by atoms with E-state index in [4.69, 9.17) is 4.74 Å². The standard InChI is InChI=1S/C12H15FO2/c1-15-12-5-3-9(13)7-11(12)8-2-4-10(14)6-8/h3,5,7-8,10,14H,2,4,6H2,1H3. The van der Waals surface area contributed by atoms with Crippen LogP contribution in [0.3, 0.4) is 0 Å². The molecule has 2 atom stereocenters. The van der Waals surface area contributed by atoms with Crippen molar-refractivity contribution in [3.63, 3.8) is 0 Å². The van der Waals surface area contributed by atoms with Crippen LogP contribution in [0.5, 0.6) is 5.75 Å². The second kappa shape index (κ2) is 4.19. The van der Waals surface area contributed by atoms with Crippen molar-refractivity contribution in [3.05, 3.63) is 29.6 Å². The highest BCUT2D eigenvalue weighted by atomic mass is 19.1. The van der Waals surface area contributed by atoms with Crippen molar-refractivity contribution < 1.29 is 14.2 Å². The maximum atomic E-state index is 13.1. The number of halogens is 1. The molecule has 1 N–H and O–H groups in total. The minimum absolute atomic E-state index is 0.227. The third kappa shape index (κ3) is 2.12. The molecule has 0 bridgehead atoms. The van der Waals surface area contributed by atoms with E-state index in [-0.39, 0.29) is 17.8 Å². The lowest BCUT2D eigenvalue weighted by Crippen LogP contribution is -2.01. The molecule has 82 valence electrons. The van der Waals surface area contributed by atoms with Crippen LogP contribution in [0.25, 0.3) is 0 Å². The Kier molecular flexibility index (Phi) is 2.91. The first-order valence-electron chi connectivity index (χ1n) is 5.22. The van der Waals surface area contributed by atoms with Crippen LogP contribution in [0.4, 0.5) is 4.39 Å². The lowest BCUT2D eigenvalue weighted by atomic mass is 9.96. The Balaban J connectivity index is 2.29. The average molecular weight is 210 g/mol. The second-order valence-electron chi connectivity index (χ2n) is 4.05. The summed E-state index contributed by atoms with van der Waals surface area (Å²) in [6.07, 6.45) is 2.16. The molecular formula is C12H15FO2. The summed E-state index contributed by atoms with van der Waals surface area (Å²) in [7, 11) is 1.59. The van der Waals surface area contributed by atoms with E-state index in [1.807, 2.05) is 0 Å². The molecule has 0 aliphatic heterocycles. The van der Waals surface area contributed by atoms with Gasteiger partial charge in [0.15, 0.2) is 0 Å². The molecule has 1 fully saturated rings. The number of ether oxygens (including phenoxy) is 1. The number of hydrogen-bond acceptors (Lipinski definition) is 2. The quantitative estimate of drug-likeness (QED) is 0.812. The Bertz CT molecular complexity index is 351. The normalized spacial score (nSPS) is 25.5. The summed E-state index contributed by atoms with van der Waals surface area (Å²) in [5, 5.41) is 9.46. The molecule has 1 saturated carbocycles. The van der Waals surface area contributed by atoms with Crippen LogP contribution in [-0.4, -0.2) is 18.3 Å². The number of hydrogen-bond donors (Lipinski definition) is 1. The van der Waals surface area contributed by atoms with Crippen molar-refractivity contribution in [1.82, 2.24) is 0 Å². The molecule has 0 radical (unpaired) electrons. The second-order valence-corrected chi connectivity index (χ2v) is 4.05. The third-order valence-corrected chi connectivity index (χ3v) is 3.04. The minimum atomic E-state index is -0.247. The number of benzene rings is 1. The maximum absolute atomic E-state index is 13.1. The van der Waals surface area contributed by atoms with Crippen molar-refractivity contribution in [2.75, 3.05) is 7.11 Å². The summed E-state index contributed by atoms with van der Waals surface area (Å²) >= 11 is 0.